The largest absolute Gasteiger partial charge is 0.481 e. The Bertz CT molecular complexity index is 486. The molecule has 1 fully saturated rings. The van der Waals surface area contributed by atoms with E-state index in [1.165, 1.54) is 0 Å². The number of carbonyl (C=O) groups excluding carboxylic acids is 1. The van der Waals surface area contributed by atoms with Crippen molar-refractivity contribution in [1.29, 1.82) is 0 Å². The number of hydrogen-bond donors (Lipinski definition) is 2. The molecule has 1 atom stereocenters. The Balaban J connectivity index is 1.80. The normalized spacial score (nSPS) is 19.8. The van der Waals surface area contributed by atoms with Crippen molar-refractivity contribution in [2.75, 3.05) is 25.0 Å². The fourth-order valence-corrected chi connectivity index (χ4v) is 2.52. The number of carboxylic acids is 1. The number of aryl methyl sites for hydroxylation is 1. The molecule has 1 saturated heterocycles. The molecule has 2 heterocycles. The van der Waals surface area contributed by atoms with Crippen LogP contribution in [0.5, 0.6) is 0 Å². The smallest absolute Gasteiger partial charge is 0.303 e. The number of rotatable bonds is 5. The predicted octanol–water partition coefficient (Wildman–Crippen LogP) is 1.11. The average Bonchev–Trinajstić information content (AvgIpc) is 2.74. The second-order valence-electron chi connectivity index (χ2n) is 5.21. The summed E-state index contributed by atoms with van der Waals surface area (Å²) in [7, 11) is 0. The van der Waals surface area contributed by atoms with E-state index < -0.39 is 5.97 Å². The molecule has 0 bridgehead atoms. The number of hydrogen-bond acceptors (Lipinski definition) is 5. The number of likely N-dealkylation sites (tertiary alicyclic amines) is 1. The molecule has 7 nitrogen and oxygen atoms in total. The van der Waals surface area contributed by atoms with Crippen molar-refractivity contribution in [3.05, 3.63) is 11.8 Å². The Morgan fingerprint density at radius 3 is 3.05 bits per heavy atom. The Kier molecular flexibility index (Phi) is 4.73. The van der Waals surface area contributed by atoms with Gasteiger partial charge in [0.1, 0.15) is 5.76 Å². The van der Waals surface area contributed by atoms with Crippen molar-refractivity contribution in [3.63, 3.8) is 0 Å². The lowest BCUT2D eigenvalue weighted by Crippen LogP contribution is -2.41. The summed E-state index contributed by atoms with van der Waals surface area (Å²) in [6.45, 7) is 3.48. The molecule has 1 aliphatic heterocycles. The molecule has 0 aromatic carbocycles. The number of anilines is 1. The van der Waals surface area contributed by atoms with Crippen LogP contribution in [0.15, 0.2) is 10.6 Å². The highest BCUT2D eigenvalue weighted by atomic mass is 16.5. The Morgan fingerprint density at radius 2 is 2.40 bits per heavy atom. The van der Waals surface area contributed by atoms with Crippen LogP contribution >= 0.6 is 0 Å². The molecule has 20 heavy (non-hydrogen) atoms. The lowest BCUT2D eigenvalue weighted by atomic mass is 9.95. The number of aliphatic carboxylic acids is 1. The lowest BCUT2D eigenvalue weighted by molar-refractivity contribution is -0.138. The molecule has 1 amide bonds. The first-order valence-electron chi connectivity index (χ1n) is 6.70. The highest BCUT2D eigenvalue weighted by Crippen LogP contribution is 2.19. The van der Waals surface area contributed by atoms with Crippen LogP contribution in [-0.4, -0.2) is 46.7 Å². The third-order valence-corrected chi connectivity index (χ3v) is 3.33. The summed E-state index contributed by atoms with van der Waals surface area (Å²) in [6, 6.07) is 1.65. The summed E-state index contributed by atoms with van der Waals surface area (Å²) in [6.07, 6.45) is 2.00. The molecular weight excluding hydrogens is 262 g/mol. The van der Waals surface area contributed by atoms with Gasteiger partial charge in [0.25, 0.3) is 0 Å². The molecular formula is C13H19N3O4. The van der Waals surface area contributed by atoms with Gasteiger partial charge in [0.2, 0.25) is 5.91 Å². The molecule has 0 aliphatic carbocycles. The van der Waals surface area contributed by atoms with Gasteiger partial charge < -0.3 is 14.9 Å². The molecule has 1 aliphatic rings. The third kappa shape index (κ3) is 4.34. The third-order valence-electron chi connectivity index (χ3n) is 3.33. The maximum Gasteiger partial charge on any atom is 0.303 e. The van der Waals surface area contributed by atoms with Crippen molar-refractivity contribution in [2.24, 2.45) is 5.92 Å². The van der Waals surface area contributed by atoms with Crippen LogP contribution in [0.2, 0.25) is 0 Å². The van der Waals surface area contributed by atoms with Crippen LogP contribution in [0.4, 0.5) is 5.82 Å². The molecule has 0 radical (unpaired) electrons. The molecule has 110 valence electrons. The zero-order valence-electron chi connectivity index (χ0n) is 11.5. The second kappa shape index (κ2) is 6.51. The van der Waals surface area contributed by atoms with E-state index in [-0.39, 0.29) is 24.8 Å². The van der Waals surface area contributed by atoms with Gasteiger partial charge in [-0.3, -0.25) is 14.5 Å². The van der Waals surface area contributed by atoms with Gasteiger partial charge in [0, 0.05) is 19.0 Å². The van der Waals surface area contributed by atoms with Gasteiger partial charge in [-0.2, -0.15) is 0 Å². The Labute approximate surface area is 116 Å². The van der Waals surface area contributed by atoms with E-state index in [9.17, 15) is 9.59 Å². The van der Waals surface area contributed by atoms with Gasteiger partial charge in [-0.15, -0.1) is 0 Å². The summed E-state index contributed by atoms with van der Waals surface area (Å²) < 4.78 is 4.87. The number of aromatic nitrogens is 1. The van der Waals surface area contributed by atoms with E-state index in [0.29, 0.717) is 18.1 Å². The first kappa shape index (κ1) is 14.5. The van der Waals surface area contributed by atoms with E-state index >= 15 is 0 Å². The van der Waals surface area contributed by atoms with Gasteiger partial charge in [0.05, 0.1) is 6.54 Å². The highest BCUT2D eigenvalue weighted by Gasteiger charge is 2.23. The fourth-order valence-electron chi connectivity index (χ4n) is 2.52. The summed E-state index contributed by atoms with van der Waals surface area (Å²) in [5.74, 6) is 0.239. The fraction of sp³-hybridized carbons (Fsp3) is 0.615. The van der Waals surface area contributed by atoms with E-state index in [1.54, 1.807) is 13.0 Å². The minimum absolute atomic E-state index is 0.128. The van der Waals surface area contributed by atoms with Crippen molar-refractivity contribution in [3.8, 4) is 0 Å². The maximum atomic E-state index is 11.9. The number of carbonyl (C=O) groups is 2. The molecule has 2 N–H and O–H groups in total. The van der Waals surface area contributed by atoms with E-state index in [1.807, 2.05) is 4.90 Å². The first-order valence-corrected chi connectivity index (χ1v) is 6.70. The molecule has 0 spiro atoms. The lowest BCUT2D eigenvalue weighted by Gasteiger charge is -2.31. The van der Waals surface area contributed by atoms with Crippen LogP contribution in [-0.2, 0) is 9.59 Å². The summed E-state index contributed by atoms with van der Waals surface area (Å²) >= 11 is 0. The Morgan fingerprint density at radius 1 is 1.60 bits per heavy atom. The summed E-state index contributed by atoms with van der Waals surface area (Å²) in [5, 5.41) is 15.2. The monoisotopic (exact) mass is 281 g/mol. The number of amides is 1. The summed E-state index contributed by atoms with van der Waals surface area (Å²) in [5.41, 5.74) is 0. The van der Waals surface area contributed by atoms with Gasteiger partial charge in [-0.05, 0) is 32.2 Å². The number of nitrogens with zero attached hydrogens (tertiary/aromatic N) is 2. The zero-order valence-corrected chi connectivity index (χ0v) is 11.5. The molecule has 1 aromatic rings. The molecule has 1 unspecified atom stereocenters. The van der Waals surface area contributed by atoms with Crippen LogP contribution in [0.25, 0.3) is 0 Å². The Hall–Kier alpha value is -1.89. The molecule has 1 aromatic heterocycles. The molecule has 2 rings (SSSR count). The van der Waals surface area contributed by atoms with Crippen molar-refractivity contribution < 1.29 is 19.2 Å². The standard InChI is InChI=1S/C13H19N3O4/c1-9-5-11(15-20-9)14-12(17)8-16-4-2-3-10(7-16)6-13(18)19/h5,10H,2-4,6-8H2,1H3,(H,18,19)(H,14,15,17). The quantitative estimate of drug-likeness (QED) is 0.839. The van der Waals surface area contributed by atoms with Gasteiger partial charge in [0.15, 0.2) is 5.82 Å². The van der Waals surface area contributed by atoms with Gasteiger partial charge >= 0.3 is 5.97 Å². The van der Waals surface area contributed by atoms with Crippen LogP contribution in [0.1, 0.15) is 25.0 Å². The maximum absolute atomic E-state index is 11.9. The van der Waals surface area contributed by atoms with Crippen molar-refractivity contribution >= 4 is 17.7 Å². The minimum atomic E-state index is -0.778. The van der Waals surface area contributed by atoms with Crippen molar-refractivity contribution in [1.82, 2.24) is 10.1 Å². The summed E-state index contributed by atoms with van der Waals surface area (Å²) in [4.78, 5) is 24.6. The number of piperidine rings is 1. The SMILES string of the molecule is Cc1cc(NC(=O)CN2CCCC(CC(=O)O)C2)no1. The van der Waals surface area contributed by atoms with E-state index in [4.69, 9.17) is 9.63 Å². The van der Waals surface area contributed by atoms with Crippen LogP contribution < -0.4 is 5.32 Å². The van der Waals surface area contributed by atoms with Crippen LogP contribution in [0.3, 0.4) is 0 Å². The average molecular weight is 281 g/mol. The van der Waals surface area contributed by atoms with Crippen molar-refractivity contribution in [2.45, 2.75) is 26.2 Å². The molecule has 0 saturated carbocycles. The number of nitrogens with one attached hydrogen (secondary N) is 1. The number of carboxylic acid groups (broad SMARTS) is 1. The predicted molar refractivity (Wildman–Crippen MR) is 71.3 cm³/mol. The molecule has 7 heteroatoms. The second-order valence-corrected chi connectivity index (χ2v) is 5.21. The topological polar surface area (TPSA) is 95.7 Å². The van der Waals surface area contributed by atoms with Gasteiger partial charge in [-0.25, -0.2) is 0 Å². The highest BCUT2D eigenvalue weighted by molar-refractivity contribution is 5.91. The zero-order chi connectivity index (χ0) is 14.5. The van der Waals surface area contributed by atoms with Crippen LogP contribution in [0, 0.1) is 12.8 Å². The minimum Gasteiger partial charge on any atom is -0.481 e. The first-order chi connectivity index (χ1) is 9.52. The van der Waals surface area contributed by atoms with E-state index in [2.05, 4.69) is 10.5 Å². The van der Waals surface area contributed by atoms with E-state index in [0.717, 1.165) is 19.4 Å². The van der Waals surface area contributed by atoms with Gasteiger partial charge in [-0.1, -0.05) is 5.16 Å².